The van der Waals surface area contributed by atoms with E-state index in [9.17, 15) is 0 Å². The van der Waals surface area contributed by atoms with Gasteiger partial charge in [-0.1, -0.05) is 100 Å². The number of hydrogen-bond acceptors (Lipinski definition) is 8. The van der Waals surface area contributed by atoms with E-state index in [1.54, 1.807) is 32.3 Å². The van der Waals surface area contributed by atoms with Gasteiger partial charge in [-0.15, -0.1) is 0 Å². The normalized spacial score (nSPS) is 22.5. The lowest BCUT2D eigenvalue weighted by Crippen LogP contribution is -2.58. The predicted octanol–water partition coefficient (Wildman–Crippen LogP) is -0.562. The van der Waals surface area contributed by atoms with Gasteiger partial charge in [0.25, 0.3) is 0 Å². The molecule has 2 heterocycles. The fourth-order valence-electron chi connectivity index (χ4n) is 7.32. The molecule has 2 N–H and O–H groups in total. The average molecular weight is 738 g/mol. The molecule has 2 atom stereocenters. The zero-order valence-corrected chi connectivity index (χ0v) is 30.9. The van der Waals surface area contributed by atoms with Crippen molar-refractivity contribution in [3.63, 3.8) is 0 Å². The summed E-state index contributed by atoms with van der Waals surface area (Å²) in [6, 6.07) is 42.3. The summed E-state index contributed by atoms with van der Waals surface area (Å²) in [5.74, 6) is 0. The zero-order chi connectivity index (χ0) is 35.4. The lowest BCUT2D eigenvalue weighted by molar-refractivity contribution is -1.92. The molecule has 8 nitrogen and oxygen atoms in total. The fraction of sp³-hybridized carbons (Fsp3) is 0.333. The predicted molar refractivity (Wildman–Crippen MR) is 177 cm³/mol. The highest BCUT2D eigenvalue weighted by Gasteiger charge is 2.56. The van der Waals surface area contributed by atoms with Crippen LogP contribution in [0.25, 0.3) is 0 Å². The Morgan fingerprint density at radius 2 is 0.771 bits per heavy atom. The van der Waals surface area contributed by atoms with Gasteiger partial charge in [0.15, 0.2) is 0 Å². The summed E-state index contributed by atoms with van der Waals surface area (Å²) in [5, 5.41) is 6.58. The smallest absolute Gasteiger partial charge is 0.103 e. The highest BCUT2D eigenvalue weighted by Crippen LogP contribution is 2.68. The van der Waals surface area contributed by atoms with Crippen molar-refractivity contribution in [2.24, 2.45) is 0 Å². The third kappa shape index (κ3) is 9.41. The monoisotopic (exact) mass is 736 g/mol. The molecule has 2 aliphatic rings. The number of rotatable bonds is 5. The molecule has 0 spiro atoms. The second kappa shape index (κ2) is 15.1. The van der Waals surface area contributed by atoms with Crippen molar-refractivity contribution in [3.8, 4) is 0 Å². The van der Waals surface area contributed by atoms with E-state index >= 15 is 0 Å². The molecule has 12 heteroatoms. The SMILES string of the molecule is CC1(C)CC[P+](CC[P+]2(c3ccccc3)CCC(C)(C)c3ccccc32)(c2ccccc2)c2ccccc21.[O-][Cl+3]([O-])([O-])O.[O-][Cl+3]([O-])([O-])O. The number of halogens is 2. The maximum atomic E-state index is 8.60. The minimum atomic E-state index is -4.69. The van der Waals surface area contributed by atoms with E-state index < -0.39 is 35.0 Å². The van der Waals surface area contributed by atoms with Crippen LogP contribution in [0.5, 0.6) is 0 Å². The van der Waals surface area contributed by atoms with E-state index in [0.29, 0.717) is 0 Å². The van der Waals surface area contributed by atoms with E-state index in [-0.39, 0.29) is 10.8 Å². The van der Waals surface area contributed by atoms with Crippen molar-refractivity contribution >= 4 is 35.7 Å². The Hall–Kier alpha value is -2.00. The van der Waals surface area contributed by atoms with Gasteiger partial charge in [-0.2, -0.15) is 28.0 Å². The van der Waals surface area contributed by atoms with Crippen LogP contribution >= 0.6 is 14.5 Å². The van der Waals surface area contributed by atoms with Crippen LogP contribution in [0.1, 0.15) is 51.7 Å². The largest absolute Gasteiger partial charge is 0.183 e. The van der Waals surface area contributed by atoms with Gasteiger partial charge in [0.05, 0.1) is 67.3 Å². The van der Waals surface area contributed by atoms with Crippen molar-refractivity contribution in [1.29, 1.82) is 0 Å². The van der Waals surface area contributed by atoms with Gasteiger partial charge in [-0.3, -0.25) is 0 Å². The molecule has 48 heavy (non-hydrogen) atoms. The first kappa shape index (κ1) is 38.8. The summed E-state index contributed by atoms with van der Waals surface area (Å²) in [6.07, 6.45) is 7.80. The Labute approximate surface area is 288 Å². The Morgan fingerprint density at radius 3 is 1.08 bits per heavy atom. The number of hydrogen-bond donors (Lipinski definition) is 2. The van der Waals surface area contributed by atoms with Gasteiger partial charge in [0, 0.05) is 11.1 Å². The summed E-state index contributed by atoms with van der Waals surface area (Å²) < 4.78 is 65.4. The first-order chi connectivity index (χ1) is 22.3. The van der Waals surface area contributed by atoms with E-state index in [2.05, 4.69) is 137 Å². The minimum Gasteiger partial charge on any atom is -0.183 e. The average Bonchev–Trinajstić information content (AvgIpc) is 3.02. The van der Waals surface area contributed by atoms with Crippen LogP contribution in [0.3, 0.4) is 0 Å². The molecule has 4 aromatic carbocycles. The molecule has 0 amide bonds. The van der Waals surface area contributed by atoms with Crippen LogP contribution in [0.2, 0.25) is 0 Å². The first-order valence-electron chi connectivity index (χ1n) is 15.6. The van der Waals surface area contributed by atoms with Gasteiger partial charge < -0.3 is 0 Å². The molecule has 0 fully saturated rings. The highest BCUT2D eigenvalue weighted by atomic mass is 35.7. The second-order valence-electron chi connectivity index (χ2n) is 13.6. The molecule has 0 aliphatic carbocycles. The van der Waals surface area contributed by atoms with E-state index in [0.717, 1.165) is 0 Å². The third-order valence-electron chi connectivity index (χ3n) is 9.79. The molecule has 0 aromatic heterocycles. The van der Waals surface area contributed by atoms with Gasteiger partial charge in [-0.05, 0) is 60.1 Å². The second-order valence-corrected chi connectivity index (χ2v) is 22.8. The Morgan fingerprint density at radius 1 is 0.500 bits per heavy atom. The van der Waals surface area contributed by atoms with Crippen molar-refractivity contribution in [2.75, 3.05) is 24.6 Å². The maximum Gasteiger partial charge on any atom is 0.103 e. The summed E-state index contributed by atoms with van der Waals surface area (Å²) in [5.41, 5.74) is 3.67. The summed E-state index contributed by atoms with van der Waals surface area (Å²) in [4.78, 5) is 0. The Bertz CT molecular complexity index is 1510. The van der Waals surface area contributed by atoms with Crippen LogP contribution in [-0.2, 0) is 10.8 Å². The van der Waals surface area contributed by atoms with Crippen LogP contribution < -0.4 is 49.2 Å². The van der Waals surface area contributed by atoms with Crippen LogP contribution in [0.4, 0.5) is 0 Å². The standard InChI is InChI=1S/C36H42P2.2ClHO4/c1-35(2)23-25-37(29-15-7-5-8-16-29,33-21-13-11-19-31(33)35)27-28-38(30-17-9-6-10-18-30)26-24-36(3,4)32-20-12-14-22-34(32)38;2*2-1(3,4)5/h5-22H,23-28H2,1-4H3;2*(H,2,3,4,5)/q+2;;. The van der Waals surface area contributed by atoms with Crippen LogP contribution in [0.15, 0.2) is 109 Å². The van der Waals surface area contributed by atoms with Crippen LogP contribution in [-0.4, -0.2) is 34.0 Å². The summed E-state index contributed by atoms with van der Waals surface area (Å²) in [7, 11) is -12.5. The molecule has 2 unspecified atom stereocenters. The van der Waals surface area contributed by atoms with E-state index in [1.807, 2.05) is 0 Å². The lowest BCUT2D eigenvalue weighted by atomic mass is 9.82. The molecule has 0 bridgehead atoms. The van der Waals surface area contributed by atoms with Crippen LogP contribution in [0, 0.1) is 20.5 Å². The van der Waals surface area contributed by atoms with Crippen molar-refractivity contribution in [3.05, 3.63) is 120 Å². The maximum absolute atomic E-state index is 8.60. The number of fused-ring (bicyclic) bond motifs is 2. The lowest BCUT2D eigenvalue weighted by Gasteiger charge is -2.43. The molecule has 0 radical (unpaired) electrons. The summed E-state index contributed by atoms with van der Waals surface area (Å²) in [6.45, 7) is 9.84. The molecule has 0 saturated heterocycles. The fourth-order valence-corrected chi connectivity index (χ4v) is 18.8. The molecule has 0 saturated carbocycles. The van der Waals surface area contributed by atoms with Gasteiger partial charge in [0.1, 0.15) is 22.9 Å². The Balaban J connectivity index is 0.000000458. The number of benzene rings is 4. The topological polar surface area (TPSA) is 179 Å². The van der Waals surface area contributed by atoms with Crippen molar-refractivity contribution < 1.29 is 57.8 Å². The van der Waals surface area contributed by atoms with Crippen molar-refractivity contribution in [2.45, 2.75) is 51.4 Å². The quantitative estimate of drug-likeness (QED) is 0.256. The Kier molecular flexibility index (Phi) is 12.2. The minimum absolute atomic E-state index is 0.239. The first-order valence-corrected chi connectivity index (χ1v) is 22.5. The molecule has 258 valence electrons. The van der Waals surface area contributed by atoms with Crippen molar-refractivity contribution in [1.82, 2.24) is 0 Å². The molecule has 2 aliphatic heterocycles. The van der Waals surface area contributed by atoms with E-state index in [1.165, 1.54) is 37.5 Å². The molecular formula is C36H44Cl2O8P2+2. The summed E-state index contributed by atoms with van der Waals surface area (Å²) >= 11 is 0. The zero-order valence-electron chi connectivity index (χ0n) is 27.6. The molecule has 4 aromatic rings. The van der Waals surface area contributed by atoms with Gasteiger partial charge in [-0.25, -0.2) is 0 Å². The molecule has 6 rings (SSSR count). The molecular weight excluding hydrogens is 693 g/mol. The van der Waals surface area contributed by atoms with Gasteiger partial charge >= 0.3 is 0 Å². The van der Waals surface area contributed by atoms with Gasteiger partial charge in [0.2, 0.25) is 0 Å². The van der Waals surface area contributed by atoms with E-state index in [4.69, 9.17) is 37.3 Å². The third-order valence-corrected chi connectivity index (χ3v) is 19.3. The highest BCUT2D eigenvalue weighted by molar-refractivity contribution is 7.93.